The molecule has 0 aromatic rings. The molecule has 40 heavy (non-hydrogen) atoms. The highest BCUT2D eigenvalue weighted by atomic mass is 16.7. The first-order chi connectivity index (χ1) is 19.4. The molecule has 0 spiro atoms. The van der Waals surface area contributed by atoms with E-state index in [-0.39, 0.29) is 73.0 Å². The van der Waals surface area contributed by atoms with Crippen molar-refractivity contribution in [1.29, 1.82) is 0 Å². The Morgan fingerprint density at radius 2 is 1.12 bits per heavy atom. The number of nitrogens with zero attached hydrogens (tertiary/aromatic N) is 1. The molecule has 3 atom stereocenters. The second-order valence-corrected chi connectivity index (χ2v) is 9.40. The fraction of sp³-hybridized carbons (Fsp3) is 0.852. The van der Waals surface area contributed by atoms with E-state index in [2.05, 4.69) is 13.2 Å². The maximum absolute atomic E-state index is 10.4. The van der Waals surface area contributed by atoms with Crippen LogP contribution in [0.5, 0.6) is 0 Å². The van der Waals surface area contributed by atoms with Crippen LogP contribution in [0.1, 0.15) is 26.2 Å². The van der Waals surface area contributed by atoms with Crippen LogP contribution in [0.3, 0.4) is 0 Å². The van der Waals surface area contributed by atoms with Gasteiger partial charge in [0.2, 0.25) is 0 Å². The van der Waals surface area contributed by atoms with Gasteiger partial charge in [0.15, 0.2) is 13.6 Å². The lowest BCUT2D eigenvalue weighted by Crippen LogP contribution is -2.41. The minimum absolute atomic E-state index is 0.0363. The summed E-state index contributed by atoms with van der Waals surface area (Å²) in [5, 5.41) is 49.2. The first-order valence-corrected chi connectivity index (χ1v) is 13.7. The van der Waals surface area contributed by atoms with Crippen molar-refractivity contribution in [3.05, 3.63) is 25.7 Å². The quantitative estimate of drug-likeness (QED) is 0.0415. The Balaban J connectivity index is 4.83. The minimum atomic E-state index is -0.826. The lowest BCUT2D eigenvalue weighted by atomic mass is 9.88. The number of aliphatic hydroxyl groups is 5. The molecule has 5 N–H and O–H groups in total. The number of hydrogen-bond donors (Lipinski definition) is 5. The van der Waals surface area contributed by atoms with Gasteiger partial charge in [0.05, 0.1) is 96.9 Å². The SMILES string of the molecule is C=COCOCCC(O)COCC(CC)(COCC(O)CCOCOC=C)COCC(O)CN(CCO)CCO. The summed E-state index contributed by atoms with van der Waals surface area (Å²) in [6.07, 6.45) is 1.59. The number of aliphatic hydroxyl groups excluding tert-OH is 5. The molecule has 0 amide bonds. The van der Waals surface area contributed by atoms with Crippen LogP contribution in [0.4, 0.5) is 0 Å². The fourth-order valence-electron chi connectivity index (χ4n) is 3.51. The van der Waals surface area contributed by atoms with E-state index in [0.717, 1.165) is 0 Å². The van der Waals surface area contributed by atoms with Crippen LogP contribution >= 0.6 is 0 Å². The topological polar surface area (TPSA) is 169 Å². The fourth-order valence-corrected chi connectivity index (χ4v) is 3.51. The zero-order chi connectivity index (χ0) is 29.9. The molecular weight excluding hydrogens is 530 g/mol. The average molecular weight is 584 g/mol. The van der Waals surface area contributed by atoms with Gasteiger partial charge in [-0.1, -0.05) is 20.1 Å². The molecule has 238 valence electrons. The molecule has 0 bridgehead atoms. The van der Waals surface area contributed by atoms with Gasteiger partial charge in [-0.3, -0.25) is 4.90 Å². The predicted molar refractivity (Wildman–Crippen MR) is 147 cm³/mol. The smallest absolute Gasteiger partial charge is 0.188 e. The van der Waals surface area contributed by atoms with Crippen molar-refractivity contribution in [2.75, 3.05) is 99.3 Å². The van der Waals surface area contributed by atoms with Crippen molar-refractivity contribution in [3.8, 4) is 0 Å². The summed E-state index contributed by atoms with van der Waals surface area (Å²) < 4.78 is 37.7. The summed E-state index contributed by atoms with van der Waals surface area (Å²) in [7, 11) is 0. The molecule has 0 aliphatic heterocycles. The second kappa shape index (κ2) is 26.5. The molecule has 0 aliphatic carbocycles. The van der Waals surface area contributed by atoms with Crippen LogP contribution in [0, 0.1) is 5.41 Å². The molecule has 0 saturated heterocycles. The molecule has 0 rings (SSSR count). The molecule has 13 heteroatoms. The predicted octanol–water partition coefficient (Wildman–Crippen LogP) is -0.149. The van der Waals surface area contributed by atoms with Gasteiger partial charge in [0.25, 0.3) is 0 Å². The van der Waals surface area contributed by atoms with Crippen LogP contribution in [0.2, 0.25) is 0 Å². The highest BCUT2D eigenvalue weighted by molar-refractivity contribution is 4.79. The highest BCUT2D eigenvalue weighted by Crippen LogP contribution is 2.25. The Bertz CT molecular complexity index is 550. The van der Waals surface area contributed by atoms with Gasteiger partial charge in [0, 0.05) is 25.0 Å². The lowest BCUT2D eigenvalue weighted by Gasteiger charge is -2.33. The second-order valence-electron chi connectivity index (χ2n) is 9.40. The number of ether oxygens (including phenoxy) is 7. The average Bonchev–Trinajstić information content (AvgIpc) is 2.92. The standard InChI is InChI=1S/C27H53NO12/c1-4-27(19-38-16-24(31)7-13-36-22-34-5-2,20-39-17-25(32)8-14-37-23-35-6-3)21-40-18-26(33)15-28(9-11-29)10-12-30/h5-6,24-26,29-33H,2-4,7-23H2,1H3. The summed E-state index contributed by atoms with van der Waals surface area (Å²) in [6, 6.07) is 0. The van der Waals surface area contributed by atoms with Gasteiger partial charge < -0.3 is 58.7 Å². The molecule has 0 aromatic carbocycles. The zero-order valence-electron chi connectivity index (χ0n) is 24.1. The maximum Gasteiger partial charge on any atom is 0.188 e. The Kier molecular flexibility index (Phi) is 25.6. The van der Waals surface area contributed by atoms with Crippen molar-refractivity contribution in [2.45, 2.75) is 44.5 Å². The van der Waals surface area contributed by atoms with Crippen molar-refractivity contribution in [2.24, 2.45) is 5.41 Å². The largest absolute Gasteiger partial charge is 0.476 e. The summed E-state index contributed by atoms with van der Waals surface area (Å²) in [6.45, 7) is 11.1. The van der Waals surface area contributed by atoms with Crippen LogP contribution in [0.15, 0.2) is 25.7 Å². The lowest BCUT2D eigenvalue weighted by molar-refractivity contribution is -0.106. The van der Waals surface area contributed by atoms with Crippen LogP contribution in [-0.4, -0.2) is 148 Å². The molecular formula is C27H53NO12. The van der Waals surface area contributed by atoms with E-state index in [1.807, 2.05) is 6.92 Å². The highest BCUT2D eigenvalue weighted by Gasteiger charge is 2.31. The van der Waals surface area contributed by atoms with Gasteiger partial charge in [-0.25, -0.2) is 0 Å². The third kappa shape index (κ3) is 21.4. The van der Waals surface area contributed by atoms with E-state index >= 15 is 0 Å². The third-order valence-electron chi connectivity index (χ3n) is 5.94. The van der Waals surface area contributed by atoms with Crippen molar-refractivity contribution < 1.29 is 58.7 Å². The maximum atomic E-state index is 10.4. The summed E-state index contributed by atoms with van der Waals surface area (Å²) in [5.41, 5.74) is -0.600. The Hall–Kier alpha value is -1.36. The normalized spacial score (nSPS) is 15.4. The monoisotopic (exact) mass is 583 g/mol. The molecule has 0 aliphatic rings. The Labute approximate surface area is 238 Å². The van der Waals surface area contributed by atoms with Crippen LogP contribution in [0.25, 0.3) is 0 Å². The van der Waals surface area contributed by atoms with Crippen LogP contribution < -0.4 is 0 Å². The van der Waals surface area contributed by atoms with Gasteiger partial charge in [-0.2, -0.15) is 0 Å². The van der Waals surface area contributed by atoms with Gasteiger partial charge in [-0.05, 0) is 19.3 Å². The van der Waals surface area contributed by atoms with Crippen molar-refractivity contribution in [3.63, 3.8) is 0 Å². The molecule has 0 fully saturated rings. The van der Waals surface area contributed by atoms with Gasteiger partial charge >= 0.3 is 0 Å². The Morgan fingerprint density at radius 1 is 0.700 bits per heavy atom. The molecule has 3 unspecified atom stereocenters. The summed E-state index contributed by atoms with van der Waals surface area (Å²) >= 11 is 0. The van der Waals surface area contributed by atoms with E-state index in [9.17, 15) is 15.3 Å². The molecule has 0 radical (unpaired) electrons. The van der Waals surface area contributed by atoms with Gasteiger partial charge in [-0.15, -0.1) is 0 Å². The first-order valence-electron chi connectivity index (χ1n) is 13.7. The first kappa shape index (κ1) is 38.6. The van der Waals surface area contributed by atoms with E-state index in [1.54, 1.807) is 4.90 Å². The summed E-state index contributed by atoms with van der Waals surface area (Å²) in [5.74, 6) is 0. The third-order valence-corrected chi connectivity index (χ3v) is 5.94. The van der Waals surface area contributed by atoms with E-state index < -0.39 is 23.7 Å². The Morgan fingerprint density at radius 3 is 1.50 bits per heavy atom. The number of rotatable bonds is 31. The van der Waals surface area contributed by atoms with Crippen molar-refractivity contribution in [1.82, 2.24) is 4.90 Å². The molecule has 0 saturated carbocycles. The van der Waals surface area contributed by atoms with Gasteiger partial charge in [0.1, 0.15) is 0 Å². The number of hydrogen-bond acceptors (Lipinski definition) is 13. The molecule has 13 nitrogen and oxygen atoms in total. The van der Waals surface area contributed by atoms with E-state index in [4.69, 9.17) is 43.4 Å². The van der Waals surface area contributed by atoms with E-state index in [0.29, 0.717) is 45.6 Å². The minimum Gasteiger partial charge on any atom is -0.476 e. The summed E-state index contributed by atoms with van der Waals surface area (Å²) in [4.78, 5) is 1.75. The van der Waals surface area contributed by atoms with E-state index in [1.165, 1.54) is 12.5 Å². The molecule has 0 heterocycles. The van der Waals surface area contributed by atoms with Crippen LogP contribution in [-0.2, 0) is 33.2 Å². The van der Waals surface area contributed by atoms with Crippen molar-refractivity contribution >= 4 is 0 Å². The zero-order valence-corrected chi connectivity index (χ0v) is 24.1. The molecule has 0 aromatic heterocycles.